The number of likely N-dealkylation sites (tertiary alicyclic amines) is 1. The molecule has 2 saturated carbocycles. The standard InChI is InChI=1S/C28H42N4O3/c1-29(2)28(23-10-4-3-5-11-23)15-13-27(14-16-28)21-31(26(35)32(27)18-22-8-6-9-22)20-25(34)30-17-7-12-24(33)19-30/h3-5,10-11,22,24,33H,6-9,12-21H2,1-2H3/t24?,27-,28+. The lowest BCUT2D eigenvalue weighted by Crippen LogP contribution is -2.56. The Balaban J connectivity index is 1.34. The van der Waals surface area contributed by atoms with E-state index in [-0.39, 0.29) is 29.6 Å². The van der Waals surface area contributed by atoms with Crippen LogP contribution in [0.3, 0.4) is 0 Å². The predicted octanol–water partition coefficient (Wildman–Crippen LogP) is 3.28. The second kappa shape index (κ2) is 9.74. The number of aliphatic hydroxyl groups excluding tert-OH is 1. The number of hydrogen-bond donors (Lipinski definition) is 1. The predicted molar refractivity (Wildman–Crippen MR) is 136 cm³/mol. The third kappa shape index (κ3) is 4.57. The van der Waals surface area contributed by atoms with E-state index in [0.717, 1.165) is 45.1 Å². The van der Waals surface area contributed by atoms with E-state index in [0.29, 0.717) is 25.6 Å². The molecule has 1 aromatic carbocycles. The van der Waals surface area contributed by atoms with Crippen LogP contribution in [0.1, 0.15) is 63.4 Å². The molecule has 3 amide bonds. The average molecular weight is 483 g/mol. The molecule has 7 nitrogen and oxygen atoms in total. The van der Waals surface area contributed by atoms with Crippen molar-refractivity contribution in [3.63, 3.8) is 0 Å². The van der Waals surface area contributed by atoms with Gasteiger partial charge in [0.25, 0.3) is 0 Å². The molecule has 7 heteroatoms. The molecule has 0 aromatic heterocycles. The van der Waals surface area contributed by atoms with Gasteiger partial charge in [-0.1, -0.05) is 36.8 Å². The second-order valence-electron chi connectivity index (χ2n) is 11.7. The van der Waals surface area contributed by atoms with Crippen LogP contribution in [0.15, 0.2) is 30.3 Å². The zero-order chi connectivity index (χ0) is 24.6. The molecule has 0 bridgehead atoms. The molecule has 1 N–H and O–H groups in total. The summed E-state index contributed by atoms with van der Waals surface area (Å²) in [5.41, 5.74) is 1.14. The summed E-state index contributed by atoms with van der Waals surface area (Å²) in [5.74, 6) is 0.568. The molecule has 0 radical (unpaired) electrons. The SMILES string of the molecule is CN(C)[C@]1(c2ccccc2)CC[C@]2(CC1)CN(CC(=O)N1CCCC(O)C1)C(=O)N2CC1CCC1. The van der Waals surface area contributed by atoms with Gasteiger partial charge in [-0.3, -0.25) is 9.69 Å². The van der Waals surface area contributed by atoms with E-state index in [1.54, 1.807) is 4.90 Å². The summed E-state index contributed by atoms with van der Waals surface area (Å²) in [5, 5.41) is 10.0. The van der Waals surface area contributed by atoms with Crippen molar-refractivity contribution in [3.05, 3.63) is 35.9 Å². The van der Waals surface area contributed by atoms with Gasteiger partial charge in [0.05, 0.1) is 11.6 Å². The van der Waals surface area contributed by atoms with Crippen molar-refractivity contribution in [2.45, 2.75) is 75.0 Å². The lowest BCUT2D eigenvalue weighted by molar-refractivity contribution is -0.134. The molecule has 2 heterocycles. The summed E-state index contributed by atoms with van der Waals surface area (Å²) in [4.78, 5) is 34.9. The van der Waals surface area contributed by atoms with Gasteiger partial charge in [-0.25, -0.2) is 4.79 Å². The highest BCUT2D eigenvalue weighted by atomic mass is 16.3. The molecule has 2 saturated heterocycles. The fourth-order valence-corrected chi connectivity index (χ4v) is 6.95. The lowest BCUT2D eigenvalue weighted by Gasteiger charge is -2.51. The van der Waals surface area contributed by atoms with E-state index in [9.17, 15) is 14.7 Å². The first-order chi connectivity index (χ1) is 16.8. The van der Waals surface area contributed by atoms with Crippen LogP contribution in [-0.4, -0.2) is 95.1 Å². The summed E-state index contributed by atoms with van der Waals surface area (Å²) in [7, 11) is 4.35. The first-order valence-electron chi connectivity index (χ1n) is 13.6. The maximum absolute atomic E-state index is 13.7. The van der Waals surface area contributed by atoms with Gasteiger partial charge in [0.1, 0.15) is 6.54 Å². The summed E-state index contributed by atoms with van der Waals surface area (Å²) in [6.07, 6.45) is 8.70. The van der Waals surface area contributed by atoms with E-state index in [2.05, 4.69) is 54.2 Å². The molecule has 2 aliphatic carbocycles. The second-order valence-corrected chi connectivity index (χ2v) is 11.7. The topological polar surface area (TPSA) is 67.3 Å². The number of piperidine rings is 1. The van der Waals surface area contributed by atoms with Crippen LogP contribution in [0.4, 0.5) is 4.79 Å². The number of nitrogens with zero attached hydrogens (tertiary/aromatic N) is 4. The number of carbonyl (C=O) groups excluding carboxylic acids is 2. The van der Waals surface area contributed by atoms with Crippen molar-refractivity contribution >= 4 is 11.9 Å². The fraction of sp³-hybridized carbons (Fsp3) is 0.714. The van der Waals surface area contributed by atoms with Crippen LogP contribution >= 0.6 is 0 Å². The van der Waals surface area contributed by atoms with E-state index in [4.69, 9.17) is 0 Å². The molecule has 4 fully saturated rings. The fourth-order valence-electron chi connectivity index (χ4n) is 6.95. The van der Waals surface area contributed by atoms with Crippen LogP contribution in [0.5, 0.6) is 0 Å². The third-order valence-electron chi connectivity index (χ3n) is 9.48. The minimum Gasteiger partial charge on any atom is -0.391 e. The number of carbonyl (C=O) groups is 2. The van der Waals surface area contributed by atoms with Crippen LogP contribution in [0.2, 0.25) is 0 Å². The van der Waals surface area contributed by atoms with Gasteiger partial charge in [0.15, 0.2) is 0 Å². The zero-order valence-corrected chi connectivity index (χ0v) is 21.5. The minimum absolute atomic E-state index is 0.0229. The number of β-amino-alcohol motifs (C(OH)–C–C–N with tert-alkyl or cyclic N) is 1. The normalized spacial score (nSPS) is 31.9. The third-order valence-corrected chi connectivity index (χ3v) is 9.48. The van der Waals surface area contributed by atoms with Crippen molar-refractivity contribution in [1.82, 2.24) is 19.6 Å². The molecular formula is C28H42N4O3. The monoisotopic (exact) mass is 482 g/mol. The molecule has 2 aliphatic heterocycles. The summed E-state index contributed by atoms with van der Waals surface area (Å²) < 4.78 is 0. The average Bonchev–Trinajstić information content (AvgIpc) is 3.07. The molecule has 192 valence electrons. The summed E-state index contributed by atoms with van der Waals surface area (Å²) in [6.45, 7) is 2.66. The van der Waals surface area contributed by atoms with Gasteiger partial charge in [-0.15, -0.1) is 0 Å². The van der Waals surface area contributed by atoms with Gasteiger partial charge >= 0.3 is 6.03 Å². The molecule has 1 aromatic rings. The quantitative estimate of drug-likeness (QED) is 0.676. The molecule has 1 unspecified atom stereocenters. The van der Waals surface area contributed by atoms with E-state index < -0.39 is 6.10 Å². The molecule has 5 rings (SSSR count). The Morgan fingerprint density at radius 2 is 1.77 bits per heavy atom. The van der Waals surface area contributed by atoms with E-state index >= 15 is 0 Å². The van der Waals surface area contributed by atoms with Gasteiger partial charge in [0, 0.05) is 31.7 Å². The Kier molecular flexibility index (Phi) is 6.83. The van der Waals surface area contributed by atoms with Crippen LogP contribution in [0.25, 0.3) is 0 Å². The van der Waals surface area contributed by atoms with Crippen LogP contribution in [0, 0.1) is 5.92 Å². The van der Waals surface area contributed by atoms with Crippen molar-refractivity contribution in [3.8, 4) is 0 Å². The van der Waals surface area contributed by atoms with Gasteiger partial charge in [-0.05, 0) is 76.9 Å². The smallest absolute Gasteiger partial charge is 0.321 e. The maximum Gasteiger partial charge on any atom is 0.321 e. The largest absolute Gasteiger partial charge is 0.391 e. The molecule has 4 aliphatic rings. The van der Waals surface area contributed by atoms with Gasteiger partial charge < -0.3 is 19.8 Å². The Morgan fingerprint density at radius 1 is 1.06 bits per heavy atom. The highest BCUT2D eigenvalue weighted by Crippen LogP contribution is 2.49. The number of amides is 3. The van der Waals surface area contributed by atoms with Crippen LogP contribution < -0.4 is 0 Å². The van der Waals surface area contributed by atoms with E-state index in [1.165, 1.54) is 24.8 Å². The first kappa shape index (κ1) is 24.6. The van der Waals surface area contributed by atoms with Gasteiger partial charge in [-0.2, -0.15) is 0 Å². The first-order valence-corrected chi connectivity index (χ1v) is 13.6. The minimum atomic E-state index is -0.445. The Labute approximate surface area is 210 Å². The number of rotatable bonds is 6. The number of aliphatic hydroxyl groups is 1. The Morgan fingerprint density at radius 3 is 2.37 bits per heavy atom. The molecular weight excluding hydrogens is 440 g/mol. The molecule has 35 heavy (non-hydrogen) atoms. The van der Waals surface area contributed by atoms with Crippen LogP contribution in [-0.2, 0) is 10.3 Å². The zero-order valence-electron chi connectivity index (χ0n) is 21.5. The Hall–Kier alpha value is -2.12. The van der Waals surface area contributed by atoms with E-state index in [1.807, 2.05) is 4.90 Å². The maximum atomic E-state index is 13.7. The Bertz CT molecular complexity index is 908. The number of urea groups is 1. The van der Waals surface area contributed by atoms with Crippen molar-refractivity contribution in [2.75, 3.05) is 46.8 Å². The highest BCUT2D eigenvalue weighted by molar-refractivity contribution is 5.86. The lowest BCUT2D eigenvalue weighted by atomic mass is 9.68. The van der Waals surface area contributed by atoms with Crippen molar-refractivity contribution < 1.29 is 14.7 Å². The highest BCUT2D eigenvalue weighted by Gasteiger charge is 2.55. The molecule has 1 spiro atoms. The molecule has 1 atom stereocenters. The summed E-state index contributed by atoms with van der Waals surface area (Å²) in [6, 6.07) is 10.8. The number of hydrogen-bond acceptors (Lipinski definition) is 4. The summed E-state index contributed by atoms with van der Waals surface area (Å²) >= 11 is 0. The number of benzene rings is 1. The van der Waals surface area contributed by atoms with Crippen molar-refractivity contribution in [1.29, 1.82) is 0 Å². The van der Waals surface area contributed by atoms with Crippen molar-refractivity contribution in [2.24, 2.45) is 5.92 Å². The van der Waals surface area contributed by atoms with Gasteiger partial charge in [0.2, 0.25) is 5.91 Å².